The van der Waals surface area contributed by atoms with Crippen LogP contribution in [0.2, 0.25) is 0 Å². The minimum Gasteiger partial charge on any atom is -0.352 e. The Labute approximate surface area is 242 Å². The van der Waals surface area contributed by atoms with Gasteiger partial charge in [-0.3, -0.25) is 14.5 Å². The van der Waals surface area contributed by atoms with Gasteiger partial charge in [-0.05, 0) is 80.0 Å². The van der Waals surface area contributed by atoms with Crippen LogP contribution in [-0.4, -0.2) is 58.9 Å². The third-order valence-corrected chi connectivity index (χ3v) is 9.53. The van der Waals surface area contributed by atoms with Gasteiger partial charge in [0.25, 0.3) is 5.91 Å². The summed E-state index contributed by atoms with van der Waals surface area (Å²) in [4.78, 5) is 32.5. The standard InChI is InChI=1S/C33H42N4O2S/c1-24-8-5-6-11-26(24)23-36(19-17-25-9-3-2-4-10-25)29-18-20-37(33(39)31-12-7-21-40-31)30(22-29)32(38)35-28-15-13-27(34)14-16-28/h2-12,21,27-30H,13-20,22-23,34H2,1H3,(H,35,38)/t27?,28?,29?,30-/m1/s1. The van der Waals surface area contributed by atoms with Crippen LogP contribution in [0.25, 0.3) is 0 Å². The summed E-state index contributed by atoms with van der Waals surface area (Å²) in [6.07, 6.45) is 6.09. The largest absolute Gasteiger partial charge is 0.352 e. The predicted molar refractivity (Wildman–Crippen MR) is 162 cm³/mol. The molecular weight excluding hydrogens is 516 g/mol. The molecule has 7 heteroatoms. The normalized spacial score (nSPS) is 23.2. The van der Waals surface area contributed by atoms with E-state index in [1.807, 2.05) is 22.4 Å². The van der Waals surface area contributed by atoms with Crippen molar-refractivity contribution in [1.82, 2.24) is 15.1 Å². The molecule has 1 unspecified atom stereocenters. The van der Waals surface area contributed by atoms with Crippen molar-refractivity contribution < 1.29 is 9.59 Å². The fraction of sp³-hybridized carbons (Fsp3) is 0.455. The maximum atomic E-state index is 13.8. The monoisotopic (exact) mass is 558 g/mol. The van der Waals surface area contributed by atoms with Gasteiger partial charge in [0.15, 0.2) is 0 Å². The van der Waals surface area contributed by atoms with Crippen LogP contribution in [0, 0.1) is 6.92 Å². The first-order valence-electron chi connectivity index (χ1n) is 14.7. The number of carbonyl (C=O) groups is 2. The highest BCUT2D eigenvalue weighted by molar-refractivity contribution is 7.12. The second kappa shape index (κ2) is 13.6. The average Bonchev–Trinajstić information content (AvgIpc) is 3.52. The van der Waals surface area contributed by atoms with Crippen molar-refractivity contribution in [2.24, 2.45) is 5.73 Å². The Hall–Kier alpha value is -3.00. The number of hydrogen-bond donors (Lipinski definition) is 2. The Morgan fingerprint density at radius 1 is 0.975 bits per heavy atom. The molecule has 6 nitrogen and oxygen atoms in total. The SMILES string of the molecule is Cc1ccccc1CN(CCc1ccccc1)C1CCN(C(=O)c2cccs2)[C@@H](C(=O)NC2CCC(N)CC2)C1. The van der Waals surface area contributed by atoms with Gasteiger partial charge in [0.05, 0.1) is 4.88 Å². The topological polar surface area (TPSA) is 78.7 Å². The van der Waals surface area contributed by atoms with Crippen LogP contribution in [0.15, 0.2) is 72.1 Å². The molecule has 1 saturated carbocycles. The Morgan fingerprint density at radius 3 is 2.45 bits per heavy atom. The summed E-state index contributed by atoms with van der Waals surface area (Å²) in [5.74, 6) is -0.0528. The minimum atomic E-state index is -0.486. The van der Waals surface area contributed by atoms with Crippen molar-refractivity contribution in [3.63, 3.8) is 0 Å². The molecule has 5 rings (SSSR count). The van der Waals surface area contributed by atoms with Crippen molar-refractivity contribution in [3.05, 3.63) is 93.7 Å². The van der Waals surface area contributed by atoms with Crippen molar-refractivity contribution >= 4 is 23.2 Å². The first-order valence-corrected chi connectivity index (χ1v) is 15.6. The third kappa shape index (κ3) is 7.19. The molecule has 3 aromatic rings. The molecule has 2 heterocycles. The lowest BCUT2D eigenvalue weighted by atomic mass is 9.90. The van der Waals surface area contributed by atoms with E-state index < -0.39 is 6.04 Å². The quantitative estimate of drug-likeness (QED) is 0.380. The first kappa shape index (κ1) is 28.5. The second-order valence-corrected chi connectivity index (χ2v) is 12.4. The van der Waals surface area contributed by atoms with Crippen molar-refractivity contribution in [2.75, 3.05) is 13.1 Å². The average molecular weight is 559 g/mol. The highest BCUT2D eigenvalue weighted by Gasteiger charge is 2.39. The highest BCUT2D eigenvalue weighted by atomic mass is 32.1. The predicted octanol–water partition coefficient (Wildman–Crippen LogP) is 5.16. The number of likely N-dealkylation sites (tertiary alicyclic amines) is 1. The van der Waals surface area contributed by atoms with Gasteiger partial charge in [-0.2, -0.15) is 0 Å². The first-order chi connectivity index (χ1) is 19.5. The summed E-state index contributed by atoms with van der Waals surface area (Å²) in [7, 11) is 0. The van der Waals surface area contributed by atoms with E-state index in [1.165, 1.54) is 28.0 Å². The molecule has 2 aromatic carbocycles. The number of carbonyl (C=O) groups excluding carboxylic acids is 2. The summed E-state index contributed by atoms with van der Waals surface area (Å²) in [5.41, 5.74) is 10.0. The maximum Gasteiger partial charge on any atom is 0.264 e. The third-order valence-electron chi connectivity index (χ3n) is 8.67. The number of piperidine rings is 1. The molecular formula is C33H42N4O2S. The number of amides is 2. The zero-order valence-electron chi connectivity index (χ0n) is 23.5. The smallest absolute Gasteiger partial charge is 0.264 e. The lowest BCUT2D eigenvalue weighted by molar-refractivity contribution is -0.128. The van der Waals surface area contributed by atoms with Crippen LogP contribution in [0.5, 0.6) is 0 Å². The molecule has 1 aromatic heterocycles. The summed E-state index contributed by atoms with van der Waals surface area (Å²) in [6.45, 7) is 4.47. The van der Waals surface area contributed by atoms with E-state index in [1.54, 1.807) is 0 Å². The Balaban J connectivity index is 1.36. The molecule has 1 saturated heterocycles. The van der Waals surface area contributed by atoms with Gasteiger partial charge in [-0.25, -0.2) is 0 Å². The maximum absolute atomic E-state index is 13.8. The summed E-state index contributed by atoms with van der Waals surface area (Å²) < 4.78 is 0. The molecule has 2 aliphatic rings. The molecule has 3 N–H and O–H groups in total. The fourth-order valence-corrected chi connectivity index (χ4v) is 6.87. The van der Waals surface area contributed by atoms with Gasteiger partial charge in [0, 0.05) is 37.8 Å². The van der Waals surface area contributed by atoms with Gasteiger partial charge in [0.2, 0.25) is 5.91 Å². The molecule has 0 spiro atoms. The number of nitrogens with one attached hydrogen (secondary N) is 1. The van der Waals surface area contributed by atoms with E-state index in [4.69, 9.17) is 5.73 Å². The van der Waals surface area contributed by atoms with Crippen LogP contribution in [0.4, 0.5) is 0 Å². The molecule has 1 aliphatic heterocycles. The van der Waals surface area contributed by atoms with Gasteiger partial charge >= 0.3 is 0 Å². The lowest BCUT2D eigenvalue weighted by Crippen LogP contribution is -2.58. The molecule has 2 fully saturated rings. The molecule has 0 bridgehead atoms. The number of aryl methyl sites for hydroxylation is 1. The Bertz CT molecular complexity index is 1240. The van der Waals surface area contributed by atoms with E-state index in [-0.39, 0.29) is 29.9 Å². The van der Waals surface area contributed by atoms with Gasteiger partial charge in [-0.1, -0.05) is 60.7 Å². The van der Waals surface area contributed by atoms with E-state index in [0.717, 1.165) is 51.6 Å². The molecule has 0 radical (unpaired) electrons. The molecule has 2 amide bonds. The van der Waals surface area contributed by atoms with Crippen molar-refractivity contribution in [1.29, 1.82) is 0 Å². The Morgan fingerprint density at radius 2 is 1.73 bits per heavy atom. The van der Waals surface area contributed by atoms with Crippen molar-refractivity contribution in [2.45, 2.75) is 82.6 Å². The van der Waals surface area contributed by atoms with Crippen LogP contribution in [0.3, 0.4) is 0 Å². The van der Waals surface area contributed by atoms with Crippen LogP contribution >= 0.6 is 11.3 Å². The number of hydrogen-bond acceptors (Lipinski definition) is 5. The summed E-state index contributed by atoms with van der Waals surface area (Å²) >= 11 is 1.44. The number of nitrogens with zero attached hydrogens (tertiary/aromatic N) is 2. The van der Waals surface area contributed by atoms with Gasteiger partial charge < -0.3 is 16.0 Å². The zero-order valence-corrected chi connectivity index (χ0v) is 24.3. The van der Waals surface area contributed by atoms with Gasteiger partial charge in [0.1, 0.15) is 6.04 Å². The number of thiophene rings is 1. The molecule has 2 atom stereocenters. The van der Waals surface area contributed by atoms with Crippen LogP contribution in [0.1, 0.15) is 64.9 Å². The van der Waals surface area contributed by atoms with Crippen LogP contribution < -0.4 is 11.1 Å². The van der Waals surface area contributed by atoms with E-state index in [9.17, 15) is 9.59 Å². The van der Waals surface area contributed by atoms with Crippen molar-refractivity contribution in [3.8, 4) is 0 Å². The highest BCUT2D eigenvalue weighted by Crippen LogP contribution is 2.28. The molecule has 1 aliphatic carbocycles. The van der Waals surface area contributed by atoms with Crippen LogP contribution in [-0.2, 0) is 17.8 Å². The second-order valence-electron chi connectivity index (χ2n) is 11.4. The lowest BCUT2D eigenvalue weighted by Gasteiger charge is -2.43. The molecule has 40 heavy (non-hydrogen) atoms. The molecule has 212 valence electrons. The fourth-order valence-electron chi connectivity index (χ4n) is 6.19. The van der Waals surface area contributed by atoms with E-state index in [2.05, 4.69) is 71.7 Å². The number of nitrogens with two attached hydrogens (primary N) is 1. The number of benzene rings is 2. The minimum absolute atomic E-state index is 0.0195. The Kier molecular flexibility index (Phi) is 9.68. The summed E-state index contributed by atoms with van der Waals surface area (Å²) in [6, 6.07) is 23.0. The van der Waals surface area contributed by atoms with E-state index in [0.29, 0.717) is 17.8 Å². The van der Waals surface area contributed by atoms with E-state index >= 15 is 0 Å². The van der Waals surface area contributed by atoms with Gasteiger partial charge in [-0.15, -0.1) is 11.3 Å². The zero-order chi connectivity index (χ0) is 27.9. The number of rotatable bonds is 9. The summed E-state index contributed by atoms with van der Waals surface area (Å²) in [5, 5.41) is 5.24.